The molecule has 1 fully saturated rings. The SMILES string of the molecule is COC(=O)C1C(N2C(=O)c3ccccc3C2=O)C(=O)N1Cc1ccc(OC)cc1OC. The van der Waals surface area contributed by atoms with Gasteiger partial charge in [-0.05, 0) is 24.3 Å². The van der Waals surface area contributed by atoms with Crippen molar-refractivity contribution in [2.75, 3.05) is 21.3 Å². The largest absolute Gasteiger partial charge is 0.497 e. The molecule has 0 radical (unpaired) electrons. The van der Waals surface area contributed by atoms with Crippen LogP contribution in [0.3, 0.4) is 0 Å². The van der Waals surface area contributed by atoms with Gasteiger partial charge in [-0.3, -0.25) is 19.3 Å². The highest BCUT2D eigenvalue weighted by atomic mass is 16.5. The third-order valence-electron chi connectivity index (χ3n) is 5.55. The lowest BCUT2D eigenvalue weighted by Crippen LogP contribution is -2.73. The van der Waals surface area contributed by atoms with Gasteiger partial charge >= 0.3 is 5.97 Å². The molecule has 31 heavy (non-hydrogen) atoms. The average molecular weight is 424 g/mol. The number of β-lactam (4-membered cyclic amide) rings is 1. The Labute approximate surface area is 178 Å². The van der Waals surface area contributed by atoms with Crippen LogP contribution in [-0.4, -0.2) is 66.9 Å². The highest BCUT2D eigenvalue weighted by molar-refractivity contribution is 6.24. The number of nitrogens with zero attached hydrogens (tertiary/aromatic N) is 2. The number of amides is 3. The number of carbonyl (C=O) groups is 4. The molecule has 2 aromatic carbocycles. The predicted octanol–water partition coefficient (Wildman–Crippen LogP) is 1.25. The molecule has 2 aromatic rings. The highest BCUT2D eigenvalue weighted by Crippen LogP contribution is 2.36. The molecule has 160 valence electrons. The molecule has 2 aliphatic rings. The number of imide groups is 1. The summed E-state index contributed by atoms with van der Waals surface area (Å²) in [5.74, 6) is -1.40. The molecule has 2 atom stereocenters. The summed E-state index contributed by atoms with van der Waals surface area (Å²) in [6.45, 7) is 0.0332. The van der Waals surface area contributed by atoms with Crippen LogP contribution >= 0.6 is 0 Å². The standard InChI is InChI=1S/C22H20N2O7/c1-29-13-9-8-12(16(10-13)30-2)11-23-18(22(28)31-3)17(21(23)27)24-19(25)14-6-4-5-7-15(14)20(24)26/h4-10,17-18H,11H2,1-3H3. The Hall–Kier alpha value is -3.88. The summed E-state index contributed by atoms with van der Waals surface area (Å²) >= 11 is 0. The van der Waals surface area contributed by atoms with E-state index in [2.05, 4.69) is 0 Å². The summed E-state index contributed by atoms with van der Waals surface area (Å²) in [6, 6.07) is 9.01. The molecule has 1 saturated heterocycles. The van der Waals surface area contributed by atoms with E-state index in [1.165, 1.54) is 38.4 Å². The minimum Gasteiger partial charge on any atom is -0.497 e. The molecule has 4 rings (SSSR count). The molecule has 0 N–H and O–H groups in total. The first-order chi connectivity index (χ1) is 14.9. The van der Waals surface area contributed by atoms with Crippen molar-refractivity contribution in [1.82, 2.24) is 9.80 Å². The minimum absolute atomic E-state index is 0.0332. The number of hydrogen-bond donors (Lipinski definition) is 0. The molecular weight excluding hydrogens is 404 g/mol. The van der Waals surface area contributed by atoms with Crippen LogP contribution in [0.1, 0.15) is 26.3 Å². The van der Waals surface area contributed by atoms with Gasteiger partial charge < -0.3 is 19.1 Å². The lowest BCUT2D eigenvalue weighted by Gasteiger charge is -2.47. The van der Waals surface area contributed by atoms with Crippen molar-refractivity contribution in [3.8, 4) is 11.5 Å². The molecular formula is C22H20N2O7. The van der Waals surface area contributed by atoms with Gasteiger partial charge in [0, 0.05) is 11.6 Å². The number of carbonyl (C=O) groups excluding carboxylic acids is 4. The van der Waals surface area contributed by atoms with Gasteiger partial charge in [0.1, 0.15) is 11.5 Å². The summed E-state index contributed by atoms with van der Waals surface area (Å²) in [4.78, 5) is 53.4. The van der Waals surface area contributed by atoms with E-state index >= 15 is 0 Å². The van der Waals surface area contributed by atoms with Crippen LogP contribution in [-0.2, 0) is 20.9 Å². The van der Waals surface area contributed by atoms with E-state index in [4.69, 9.17) is 14.2 Å². The topological polar surface area (TPSA) is 102 Å². The van der Waals surface area contributed by atoms with Gasteiger partial charge in [-0.1, -0.05) is 12.1 Å². The maximum atomic E-state index is 13.1. The zero-order valence-electron chi connectivity index (χ0n) is 17.2. The van der Waals surface area contributed by atoms with Gasteiger partial charge in [0.2, 0.25) is 5.91 Å². The van der Waals surface area contributed by atoms with Crippen molar-refractivity contribution in [2.45, 2.75) is 18.6 Å². The molecule has 3 amide bonds. The normalized spacial score (nSPS) is 19.8. The van der Waals surface area contributed by atoms with E-state index < -0.39 is 35.8 Å². The van der Waals surface area contributed by atoms with E-state index in [1.54, 1.807) is 30.3 Å². The van der Waals surface area contributed by atoms with E-state index in [0.29, 0.717) is 17.1 Å². The maximum Gasteiger partial charge on any atom is 0.331 e. The monoisotopic (exact) mass is 424 g/mol. The summed E-state index contributed by atoms with van der Waals surface area (Å²) in [5, 5.41) is 0. The molecule has 9 nitrogen and oxygen atoms in total. The fourth-order valence-corrected chi connectivity index (χ4v) is 3.96. The Balaban J connectivity index is 1.64. The van der Waals surface area contributed by atoms with Gasteiger partial charge in [-0.25, -0.2) is 4.79 Å². The molecule has 0 aromatic heterocycles. The summed E-state index contributed by atoms with van der Waals surface area (Å²) in [7, 11) is 4.19. The Morgan fingerprint density at radius 2 is 1.58 bits per heavy atom. The van der Waals surface area contributed by atoms with Crippen LogP contribution in [0.5, 0.6) is 11.5 Å². The Morgan fingerprint density at radius 1 is 0.935 bits per heavy atom. The highest BCUT2D eigenvalue weighted by Gasteiger charge is 2.59. The van der Waals surface area contributed by atoms with Crippen molar-refractivity contribution in [3.05, 3.63) is 59.2 Å². The molecule has 0 bridgehead atoms. The Bertz CT molecular complexity index is 1060. The van der Waals surface area contributed by atoms with Crippen LogP contribution in [0.15, 0.2) is 42.5 Å². The smallest absolute Gasteiger partial charge is 0.331 e. The second kappa shape index (κ2) is 7.75. The first kappa shape index (κ1) is 20.4. The molecule has 2 aliphatic heterocycles. The van der Waals surface area contributed by atoms with Crippen molar-refractivity contribution in [1.29, 1.82) is 0 Å². The number of likely N-dealkylation sites (tertiary alicyclic amines) is 1. The second-order valence-electron chi connectivity index (χ2n) is 7.08. The van der Waals surface area contributed by atoms with E-state index in [9.17, 15) is 19.2 Å². The lowest BCUT2D eigenvalue weighted by molar-refractivity contribution is -0.172. The molecule has 9 heteroatoms. The fraction of sp³-hybridized carbons (Fsp3) is 0.273. The van der Waals surface area contributed by atoms with Gasteiger partial charge in [0.15, 0.2) is 12.1 Å². The number of esters is 1. The van der Waals surface area contributed by atoms with Crippen LogP contribution in [0.25, 0.3) is 0 Å². The van der Waals surface area contributed by atoms with Crippen LogP contribution in [0, 0.1) is 0 Å². The quantitative estimate of drug-likeness (QED) is 0.391. The number of methoxy groups -OCH3 is 3. The van der Waals surface area contributed by atoms with Gasteiger partial charge in [0.05, 0.1) is 39.0 Å². The van der Waals surface area contributed by atoms with E-state index in [0.717, 1.165) is 4.90 Å². The van der Waals surface area contributed by atoms with Crippen molar-refractivity contribution in [2.24, 2.45) is 0 Å². The number of benzene rings is 2. The molecule has 0 spiro atoms. The zero-order chi connectivity index (χ0) is 22.3. The van der Waals surface area contributed by atoms with Gasteiger partial charge in [-0.2, -0.15) is 0 Å². The summed E-state index contributed by atoms with van der Waals surface area (Å²) in [5.41, 5.74) is 1.05. The Kier molecular flexibility index (Phi) is 5.10. The number of fused-ring (bicyclic) bond motifs is 1. The molecule has 0 saturated carbocycles. The Morgan fingerprint density at radius 3 is 2.13 bits per heavy atom. The van der Waals surface area contributed by atoms with E-state index in [1.807, 2.05) is 0 Å². The van der Waals surface area contributed by atoms with Gasteiger partial charge in [-0.15, -0.1) is 0 Å². The molecule has 2 heterocycles. The second-order valence-corrected chi connectivity index (χ2v) is 7.08. The number of ether oxygens (including phenoxy) is 3. The molecule has 0 aliphatic carbocycles. The summed E-state index contributed by atoms with van der Waals surface area (Å²) in [6.07, 6.45) is 0. The van der Waals surface area contributed by atoms with E-state index in [-0.39, 0.29) is 17.7 Å². The first-order valence-corrected chi connectivity index (χ1v) is 9.49. The molecule has 2 unspecified atom stereocenters. The van der Waals surface area contributed by atoms with Gasteiger partial charge in [0.25, 0.3) is 11.8 Å². The number of hydrogen-bond acceptors (Lipinski definition) is 7. The van der Waals surface area contributed by atoms with Crippen LogP contribution in [0.2, 0.25) is 0 Å². The van der Waals surface area contributed by atoms with Crippen molar-refractivity contribution < 1.29 is 33.4 Å². The van der Waals surface area contributed by atoms with Crippen molar-refractivity contribution >= 4 is 23.7 Å². The average Bonchev–Trinajstić information content (AvgIpc) is 3.05. The van der Waals surface area contributed by atoms with Crippen molar-refractivity contribution in [3.63, 3.8) is 0 Å². The third kappa shape index (κ3) is 3.09. The fourth-order valence-electron chi connectivity index (χ4n) is 3.96. The predicted molar refractivity (Wildman–Crippen MR) is 107 cm³/mol. The minimum atomic E-state index is -1.26. The zero-order valence-corrected chi connectivity index (χ0v) is 17.2. The first-order valence-electron chi connectivity index (χ1n) is 9.49. The third-order valence-corrected chi connectivity index (χ3v) is 5.55. The maximum absolute atomic E-state index is 13.1. The van der Waals surface area contributed by atoms with Crippen LogP contribution in [0.4, 0.5) is 0 Å². The summed E-state index contributed by atoms with van der Waals surface area (Å²) < 4.78 is 15.4. The number of rotatable bonds is 6. The lowest BCUT2D eigenvalue weighted by atomic mass is 9.92. The van der Waals surface area contributed by atoms with Crippen LogP contribution < -0.4 is 9.47 Å².